The first-order chi connectivity index (χ1) is 15.4. The van der Waals surface area contributed by atoms with Crippen molar-refractivity contribution in [2.24, 2.45) is 0 Å². The summed E-state index contributed by atoms with van der Waals surface area (Å²) in [6.07, 6.45) is 1.54. The van der Waals surface area contributed by atoms with Crippen LogP contribution in [0, 0.1) is 0 Å². The zero-order valence-corrected chi connectivity index (χ0v) is 18.6. The summed E-state index contributed by atoms with van der Waals surface area (Å²) in [4.78, 5) is 31.5. The molecule has 10 nitrogen and oxygen atoms in total. The lowest BCUT2D eigenvalue weighted by atomic mass is 9.81. The lowest BCUT2D eigenvalue weighted by Gasteiger charge is -2.51. The number of phenolic OH excluding ortho intramolecular Hbond substituents is 1. The highest BCUT2D eigenvalue weighted by atomic mass is 33.1. The fraction of sp³-hybridized carbons (Fsp3) is 0.500. The second kappa shape index (κ2) is 6.70. The molecule has 2 spiro atoms. The first-order valence-corrected chi connectivity index (χ1v) is 12.2. The molecule has 32 heavy (non-hydrogen) atoms. The minimum absolute atomic E-state index is 0.147. The summed E-state index contributed by atoms with van der Waals surface area (Å²) in [6.45, 7) is 0. The number of phenols is 1. The maximum absolute atomic E-state index is 13.5. The monoisotopic (exact) mass is 480 g/mol. The molecule has 2 amide bonds. The number of methoxy groups -OCH3 is 2. The maximum atomic E-state index is 13.5. The molecule has 7 rings (SSSR count). The van der Waals surface area contributed by atoms with Crippen LogP contribution in [0.25, 0.3) is 0 Å². The number of aromatic hydroxyl groups is 1. The van der Waals surface area contributed by atoms with Crippen molar-refractivity contribution < 1.29 is 38.9 Å². The Labute approximate surface area is 190 Å². The number of rotatable bonds is 3. The minimum atomic E-state index is -1.35. The molecule has 12 heteroatoms. The van der Waals surface area contributed by atoms with E-state index in [1.165, 1.54) is 35.8 Å². The average molecular weight is 481 g/mol. The van der Waals surface area contributed by atoms with Gasteiger partial charge >= 0.3 is 0 Å². The Morgan fingerprint density at radius 1 is 1.25 bits per heavy atom. The van der Waals surface area contributed by atoms with Crippen molar-refractivity contribution in [2.45, 2.75) is 46.5 Å². The Morgan fingerprint density at radius 2 is 2.06 bits per heavy atom. The number of epoxide rings is 1. The molecule has 5 aliphatic heterocycles. The van der Waals surface area contributed by atoms with Gasteiger partial charge in [-0.3, -0.25) is 14.4 Å². The first kappa shape index (κ1) is 20.5. The molecule has 7 atom stereocenters. The number of amides is 2. The zero-order chi connectivity index (χ0) is 22.4. The van der Waals surface area contributed by atoms with Crippen LogP contribution in [-0.4, -0.2) is 76.1 Å². The van der Waals surface area contributed by atoms with Gasteiger partial charge in [0.05, 0.1) is 19.5 Å². The number of hydrogen-bond donors (Lipinski definition) is 3. The normalized spacial score (nSPS) is 41.2. The standard InChI is InChI=1S/C20H20N2O8S2/c1-27-10-5-3-8(13(24)14(10)28-2)15-12-17(25)22-20(32-31-15,18(26)21-12)7-19-11(29-19)6-4-9(23)16(19)30-22/h3-6,9,11-12,15-16,23-24H,7H2,1-2H3,(H,21,26)/t9-,11+,12-,15-,16+,19+,20+/m1/s1. The Morgan fingerprint density at radius 3 is 2.81 bits per heavy atom. The second-order valence-electron chi connectivity index (χ2n) is 8.28. The van der Waals surface area contributed by atoms with E-state index in [-0.39, 0.29) is 29.9 Å². The van der Waals surface area contributed by atoms with Crippen LogP contribution in [0.3, 0.4) is 0 Å². The quantitative estimate of drug-likeness (QED) is 0.322. The number of hydroxylamine groups is 2. The number of carbonyl (C=O) groups excluding carboxylic acids is 2. The van der Waals surface area contributed by atoms with Gasteiger partial charge < -0.3 is 29.7 Å². The third kappa shape index (κ3) is 2.44. The largest absolute Gasteiger partial charge is 0.504 e. The van der Waals surface area contributed by atoms with Crippen LogP contribution in [0.1, 0.15) is 17.2 Å². The van der Waals surface area contributed by atoms with Crippen molar-refractivity contribution in [1.82, 2.24) is 10.4 Å². The van der Waals surface area contributed by atoms with Gasteiger partial charge in [-0.2, -0.15) is 5.06 Å². The van der Waals surface area contributed by atoms with Crippen molar-refractivity contribution >= 4 is 33.4 Å². The van der Waals surface area contributed by atoms with Crippen LogP contribution in [0.5, 0.6) is 17.2 Å². The molecule has 1 aromatic rings. The fourth-order valence-electron chi connectivity index (χ4n) is 5.00. The molecular weight excluding hydrogens is 460 g/mol. The number of ether oxygens (including phenoxy) is 3. The molecule has 170 valence electrons. The van der Waals surface area contributed by atoms with Gasteiger partial charge in [-0.15, -0.1) is 0 Å². The van der Waals surface area contributed by atoms with Gasteiger partial charge in [0.2, 0.25) is 10.6 Å². The smallest absolute Gasteiger partial charge is 0.272 e. The van der Waals surface area contributed by atoms with Crippen LogP contribution in [0.15, 0.2) is 24.3 Å². The van der Waals surface area contributed by atoms with Gasteiger partial charge in [0.25, 0.3) is 11.8 Å². The Hall–Kier alpha value is -2.12. The number of fused-ring (bicyclic) bond motifs is 3. The number of hydrogen-bond acceptors (Lipinski definition) is 10. The molecular formula is C20H20N2O8S2. The predicted octanol–water partition coefficient (Wildman–Crippen LogP) is 0.641. The molecule has 5 heterocycles. The van der Waals surface area contributed by atoms with Crippen LogP contribution in [-0.2, 0) is 19.2 Å². The lowest BCUT2D eigenvalue weighted by Crippen LogP contribution is -2.74. The molecule has 5 saturated heterocycles. The van der Waals surface area contributed by atoms with Gasteiger partial charge in [-0.25, -0.2) is 0 Å². The van der Waals surface area contributed by atoms with Crippen molar-refractivity contribution in [2.75, 3.05) is 14.2 Å². The summed E-state index contributed by atoms with van der Waals surface area (Å²) in [5.74, 6) is -0.483. The molecule has 5 fully saturated rings. The lowest BCUT2D eigenvalue weighted by molar-refractivity contribution is -0.281. The Kier molecular flexibility index (Phi) is 4.29. The van der Waals surface area contributed by atoms with E-state index < -0.39 is 39.9 Å². The number of nitrogens with zero attached hydrogens (tertiary/aromatic N) is 1. The average Bonchev–Trinajstić information content (AvgIpc) is 3.52. The van der Waals surface area contributed by atoms with E-state index in [9.17, 15) is 19.8 Å². The van der Waals surface area contributed by atoms with Crippen molar-refractivity contribution in [3.8, 4) is 17.2 Å². The van der Waals surface area contributed by atoms with Crippen LogP contribution < -0.4 is 14.8 Å². The number of piperazine rings is 1. The van der Waals surface area contributed by atoms with E-state index in [1.807, 2.05) is 0 Å². The van der Waals surface area contributed by atoms with E-state index in [4.69, 9.17) is 19.0 Å². The zero-order valence-electron chi connectivity index (χ0n) is 17.0. The highest BCUT2D eigenvalue weighted by molar-refractivity contribution is 8.77. The molecule has 0 unspecified atom stereocenters. The third-order valence-corrected chi connectivity index (χ3v) is 10.0. The van der Waals surface area contributed by atoms with Gasteiger partial charge in [-0.1, -0.05) is 39.8 Å². The van der Waals surface area contributed by atoms with E-state index >= 15 is 0 Å². The summed E-state index contributed by atoms with van der Waals surface area (Å²) >= 11 is 0. The van der Waals surface area contributed by atoms with Crippen molar-refractivity contribution in [1.29, 1.82) is 0 Å². The van der Waals surface area contributed by atoms with E-state index in [1.54, 1.807) is 24.3 Å². The molecule has 0 aromatic heterocycles. The number of benzene rings is 1. The highest BCUT2D eigenvalue weighted by Crippen LogP contribution is 2.64. The molecule has 2 bridgehead atoms. The third-order valence-electron chi connectivity index (χ3n) is 6.67. The summed E-state index contributed by atoms with van der Waals surface area (Å²) < 4.78 is 16.4. The molecule has 1 aromatic carbocycles. The molecule has 3 N–H and O–H groups in total. The van der Waals surface area contributed by atoms with Crippen LogP contribution >= 0.6 is 21.6 Å². The van der Waals surface area contributed by atoms with Gasteiger partial charge in [0.15, 0.2) is 11.5 Å². The van der Waals surface area contributed by atoms with Gasteiger partial charge in [0, 0.05) is 12.0 Å². The van der Waals surface area contributed by atoms with E-state index in [0.717, 1.165) is 5.06 Å². The second-order valence-corrected chi connectivity index (χ2v) is 10.9. The van der Waals surface area contributed by atoms with Gasteiger partial charge in [-0.05, 0) is 6.07 Å². The fourth-order valence-corrected chi connectivity index (χ4v) is 8.51. The summed E-state index contributed by atoms with van der Waals surface area (Å²) in [7, 11) is 5.38. The predicted molar refractivity (Wildman–Crippen MR) is 113 cm³/mol. The number of aliphatic hydroxyl groups excluding tert-OH is 1. The molecule has 6 aliphatic rings. The summed E-state index contributed by atoms with van der Waals surface area (Å²) in [6, 6.07) is 2.31. The summed E-state index contributed by atoms with van der Waals surface area (Å²) in [5, 5.41) is 24.6. The van der Waals surface area contributed by atoms with E-state index in [0.29, 0.717) is 11.3 Å². The van der Waals surface area contributed by atoms with Gasteiger partial charge in [0.1, 0.15) is 30.0 Å². The number of aliphatic hydroxyl groups is 1. The number of carbonyl (C=O) groups is 2. The highest BCUT2D eigenvalue weighted by Gasteiger charge is 2.76. The molecule has 1 aliphatic carbocycles. The molecule has 0 radical (unpaired) electrons. The number of nitrogens with one attached hydrogen (secondary N) is 1. The maximum Gasteiger partial charge on any atom is 0.272 e. The first-order valence-electron chi connectivity index (χ1n) is 10.0. The molecule has 0 saturated carbocycles. The Bertz CT molecular complexity index is 1070. The Balaban J connectivity index is 1.41. The van der Waals surface area contributed by atoms with Crippen LogP contribution in [0.2, 0.25) is 0 Å². The van der Waals surface area contributed by atoms with Crippen LogP contribution in [0.4, 0.5) is 0 Å². The summed E-state index contributed by atoms with van der Waals surface area (Å²) in [5.41, 5.74) is -0.429. The van der Waals surface area contributed by atoms with Crippen molar-refractivity contribution in [3.05, 3.63) is 29.8 Å². The van der Waals surface area contributed by atoms with Crippen molar-refractivity contribution in [3.63, 3.8) is 0 Å². The topological polar surface area (TPSA) is 130 Å². The van der Waals surface area contributed by atoms with E-state index in [2.05, 4.69) is 5.32 Å². The minimum Gasteiger partial charge on any atom is -0.504 e. The SMILES string of the molecule is COc1ccc([C@H]2SS[C@]34C[C@]56O[C@H]5C=C[C@@H](O)[C@@H]6ON3C(=O)[C@@H]2NC4=O)c(O)c1OC.